The van der Waals surface area contributed by atoms with E-state index in [2.05, 4.69) is 31.1 Å². The van der Waals surface area contributed by atoms with Crippen molar-refractivity contribution in [1.82, 2.24) is 5.16 Å². The molecule has 68 valence electrons. The average Bonchev–Trinajstić information content (AvgIpc) is 2.48. The predicted octanol–water partition coefficient (Wildman–Crippen LogP) is 3.26. The van der Waals surface area contributed by atoms with Crippen molar-refractivity contribution >= 4 is 10.9 Å². The number of aryl methyl sites for hydroxylation is 1. The van der Waals surface area contributed by atoms with Gasteiger partial charge in [0.1, 0.15) is 11.3 Å². The molecular weight excluding hydrogens is 162 g/mol. The van der Waals surface area contributed by atoms with E-state index in [4.69, 9.17) is 4.52 Å². The lowest BCUT2D eigenvalue weighted by Crippen LogP contribution is -1.88. The second-order valence-electron chi connectivity index (χ2n) is 3.64. The highest BCUT2D eigenvalue weighted by atomic mass is 16.5. The topological polar surface area (TPSA) is 26.0 Å². The zero-order chi connectivity index (χ0) is 9.42. The summed E-state index contributed by atoms with van der Waals surface area (Å²) in [7, 11) is 0. The van der Waals surface area contributed by atoms with Crippen LogP contribution >= 0.6 is 0 Å². The number of fused-ring (bicyclic) bond motifs is 1. The summed E-state index contributed by atoms with van der Waals surface area (Å²) < 4.78 is 5.16. The van der Waals surface area contributed by atoms with Crippen molar-refractivity contribution in [1.29, 1.82) is 0 Å². The maximum absolute atomic E-state index is 5.16. The van der Waals surface area contributed by atoms with Gasteiger partial charge in [-0.2, -0.15) is 0 Å². The van der Waals surface area contributed by atoms with Crippen LogP contribution in [-0.4, -0.2) is 5.16 Å². The van der Waals surface area contributed by atoms with Gasteiger partial charge in [0.05, 0.1) is 0 Å². The van der Waals surface area contributed by atoms with Crippen LogP contribution < -0.4 is 0 Å². The fourth-order valence-corrected chi connectivity index (χ4v) is 1.58. The molecule has 0 aliphatic heterocycles. The van der Waals surface area contributed by atoms with Crippen LogP contribution in [0.15, 0.2) is 22.7 Å². The van der Waals surface area contributed by atoms with Crippen molar-refractivity contribution < 1.29 is 4.52 Å². The smallest absolute Gasteiger partial charge is 0.141 e. The van der Waals surface area contributed by atoms with Gasteiger partial charge in [0.25, 0.3) is 0 Å². The molecule has 0 N–H and O–H groups in total. The van der Waals surface area contributed by atoms with Gasteiger partial charge in [-0.05, 0) is 24.5 Å². The molecule has 1 aromatic heterocycles. The van der Waals surface area contributed by atoms with Crippen molar-refractivity contribution in [3.8, 4) is 0 Å². The molecule has 0 fully saturated rings. The Balaban J connectivity index is 2.77. The predicted molar refractivity (Wildman–Crippen MR) is 52.8 cm³/mol. The van der Waals surface area contributed by atoms with Crippen LogP contribution in [0.25, 0.3) is 10.9 Å². The van der Waals surface area contributed by atoms with Gasteiger partial charge in [-0.15, -0.1) is 0 Å². The molecule has 1 aromatic carbocycles. The number of hydrogen-bond donors (Lipinski definition) is 0. The molecule has 0 atom stereocenters. The lowest BCUT2D eigenvalue weighted by atomic mass is 10.0. The molecule has 0 saturated heterocycles. The summed E-state index contributed by atoms with van der Waals surface area (Å²) in [5.74, 6) is 1.39. The van der Waals surface area contributed by atoms with Crippen LogP contribution in [-0.2, 0) is 0 Å². The van der Waals surface area contributed by atoms with Gasteiger partial charge in [0.2, 0.25) is 0 Å². The second-order valence-corrected chi connectivity index (χ2v) is 3.64. The standard InChI is InChI=1S/C11H13NO/c1-7(2)9-5-4-6-10-8(3)13-12-11(9)10/h4-7H,1-3H3. The van der Waals surface area contributed by atoms with Crippen LogP contribution in [0.5, 0.6) is 0 Å². The minimum atomic E-state index is 0.494. The second kappa shape index (κ2) is 2.87. The monoisotopic (exact) mass is 175 g/mol. The Hall–Kier alpha value is -1.31. The maximum atomic E-state index is 5.16. The fourth-order valence-electron chi connectivity index (χ4n) is 1.58. The summed E-state index contributed by atoms with van der Waals surface area (Å²) in [6, 6.07) is 6.21. The first-order valence-electron chi connectivity index (χ1n) is 4.55. The minimum absolute atomic E-state index is 0.494. The Morgan fingerprint density at radius 1 is 1.31 bits per heavy atom. The van der Waals surface area contributed by atoms with Gasteiger partial charge in [-0.1, -0.05) is 31.1 Å². The fraction of sp³-hybridized carbons (Fsp3) is 0.364. The van der Waals surface area contributed by atoms with Gasteiger partial charge in [-0.3, -0.25) is 0 Å². The Morgan fingerprint density at radius 2 is 2.08 bits per heavy atom. The zero-order valence-corrected chi connectivity index (χ0v) is 8.16. The summed E-state index contributed by atoms with van der Waals surface area (Å²) in [5.41, 5.74) is 2.27. The summed E-state index contributed by atoms with van der Waals surface area (Å²) in [4.78, 5) is 0. The molecule has 0 unspecified atom stereocenters. The molecule has 2 nitrogen and oxygen atoms in total. The highest BCUT2D eigenvalue weighted by Gasteiger charge is 2.10. The van der Waals surface area contributed by atoms with Crippen molar-refractivity contribution in [3.05, 3.63) is 29.5 Å². The van der Waals surface area contributed by atoms with E-state index in [-0.39, 0.29) is 0 Å². The van der Waals surface area contributed by atoms with E-state index in [0.29, 0.717) is 5.92 Å². The van der Waals surface area contributed by atoms with Crippen LogP contribution in [0.2, 0.25) is 0 Å². The number of benzene rings is 1. The Kier molecular flexibility index (Phi) is 1.83. The summed E-state index contributed by atoms with van der Waals surface area (Å²) >= 11 is 0. The van der Waals surface area contributed by atoms with Crippen LogP contribution in [0.4, 0.5) is 0 Å². The highest BCUT2D eigenvalue weighted by Crippen LogP contribution is 2.25. The molecule has 0 aliphatic carbocycles. The Morgan fingerprint density at radius 3 is 2.77 bits per heavy atom. The first-order valence-corrected chi connectivity index (χ1v) is 4.55. The third-order valence-electron chi connectivity index (χ3n) is 2.34. The molecule has 2 rings (SSSR count). The van der Waals surface area contributed by atoms with E-state index < -0.39 is 0 Å². The quantitative estimate of drug-likeness (QED) is 0.664. The van der Waals surface area contributed by atoms with Crippen molar-refractivity contribution in [2.45, 2.75) is 26.7 Å². The molecule has 1 heterocycles. The van der Waals surface area contributed by atoms with Gasteiger partial charge >= 0.3 is 0 Å². The molecule has 0 bridgehead atoms. The van der Waals surface area contributed by atoms with E-state index >= 15 is 0 Å². The Bertz CT molecular complexity index is 429. The summed E-state index contributed by atoms with van der Waals surface area (Å²) in [6.45, 7) is 6.27. The first kappa shape index (κ1) is 8.30. The number of rotatable bonds is 1. The van der Waals surface area contributed by atoms with E-state index in [9.17, 15) is 0 Å². The molecule has 13 heavy (non-hydrogen) atoms. The molecule has 2 aromatic rings. The van der Waals surface area contributed by atoms with Gasteiger partial charge < -0.3 is 4.52 Å². The van der Waals surface area contributed by atoms with Crippen LogP contribution in [0.3, 0.4) is 0 Å². The molecular formula is C11H13NO. The normalized spacial score (nSPS) is 11.4. The number of aromatic nitrogens is 1. The molecule has 2 heteroatoms. The largest absolute Gasteiger partial charge is 0.360 e. The third-order valence-corrected chi connectivity index (χ3v) is 2.34. The van der Waals surface area contributed by atoms with Crippen molar-refractivity contribution in [3.63, 3.8) is 0 Å². The molecule has 0 saturated carbocycles. The summed E-state index contributed by atoms with van der Waals surface area (Å²) in [5, 5.41) is 5.20. The maximum Gasteiger partial charge on any atom is 0.141 e. The molecule has 0 spiro atoms. The number of nitrogens with zero attached hydrogens (tertiary/aromatic N) is 1. The van der Waals surface area contributed by atoms with Gasteiger partial charge in [0.15, 0.2) is 0 Å². The van der Waals surface area contributed by atoms with Crippen molar-refractivity contribution in [2.75, 3.05) is 0 Å². The van der Waals surface area contributed by atoms with E-state index in [0.717, 1.165) is 16.7 Å². The average molecular weight is 175 g/mol. The lowest BCUT2D eigenvalue weighted by Gasteiger charge is -2.03. The summed E-state index contributed by atoms with van der Waals surface area (Å²) in [6.07, 6.45) is 0. The van der Waals surface area contributed by atoms with Gasteiger partial charge in [0, 0.05) is 5.39 Å². The molecule has 0 radical (unpaired) electrons. The van der Waals surface area contributed by atoms with E-state index in [1.165, 1.54) is 5.56 Å². The minimum Gasteiger partial charge on any atom is -0.360 e. The van der Waals surface area contributed by atoms with Gasteiger partial charge in [-0.25, -0.2) is 0 Å². The molecule has 0 aliphatic rings. The molecule has 0 amide bonds. The zero-order valence-electron chi connectivity index (χ0n) is 8.16. The SMILES string of the molecule is Cc1onc2c(C(C)C)cccc12. The Labute approximate surface area is 77.5 Å². The lowest BCUT2D eigenvalue weighted by molar-refractivity contribution is 0.405. The van der Waals surface area contributed by atoms with Crippen LogP contribution in [0, 0.1) is 6.92 Å². The number of hydrogen-bond acceptors (Lipinski definition) is 2. The van der Waals surface area contributed by atoms with E-state index in [1.807, 2.05) is 13.0 Å². The third kappa shape index (κ3) is 1.22. The first-order chi connectivity index (χ1) is 6.20. The van der Waals surface area contributed by atoms with E-state index in [1.54, 1.807) is 0 Å². The highest BCUT2D eigenvalue weighted by molar-refractivity contribution is 5.83. The van der Waals surface area contributed by atoms with Crippen molar-refractivity contribution in [2.24, 2.45) is 0 Å². The van der Waals surface area contributed by atoms with Crippen LogP contribution in [0.1, 0.15) is 31.1 Å².